The Labute approximate surface area is 111 Å². The van der Waals surface area contributed by atoms with Crippen LogP contribution < -0.4 is 0 Å². The van der Waals surface area contributed by atoms with Crippen molar-refractivity contribution in [2.75, 3.05) is 6.61 Å². The number of hydrogen-bond donors (Lipinski definition) is 0. The Kier molecular flexibility index (Phi) is 3.92. The van der Waals surface area contributed by atoms with E-state index in [1.165, 1.54) is 14.2 Å². The molecule has 1 aromatic heterocycles. The van der Waals surface area contributed by atoms with Crippen molar-refractivity contribution in [1.82, 2.24) is 0 Å². The Hall–Kier alpha value is 0.620. The molecule has 0 saturated carbocycles. The summed E-state index contributed by atoms with van der Waals surface area (Å²) in [5, 5.41) is 0. The SMILES string of the molecule is Cc1sc(C(Br)C2CCOC2C)cc1Br. The highest BCUT2D eigenvalue weighted by Crippen LogP contribution is 2.43. The Balaban J connectivity index is 2.16. The van der Waals surface area contributed by atoms with Crippen LogP contribution in [0.4, 0.5) is 0 Å². The Morgan fingerprint density at radius 2 is 2.33 bits per heavy atom. The number of alkyl halides is 1. The minimum atomic E-state index is 0.371. The van der Waals surface area contributed by atoms with Gasteiger partial charge in [-0.05, 0) is 42.3 Å². The highest BCUT2D eigenvalue weighted by molar-refractivity contribution is 9.10. The number of rotatable bonds is 2. The maximum atomic E-state index is 5.61. The maximum absolute atomic E-state index is 5.61. The Morgan fingerprint density at radius 1 is 1.60 bits per heavy atom. The quantitative estimate of drug-likeness (QED) is 0.701. The summed E-state index contributed by atoms with van der Waals surface area (Å²) in [7, 11) is 0. The molecule has 0 aliphatic carbocycles. The number of thiophene rings is 1. The van der Waals surface area contributed by atoms with E-state index in [2.05, 4.69) is 51.8 Å². The van der Waals surface area contributed by atoms with Gasteiger partial charge in [-0.15, -0.1) is 11.3 Å². The van der Waals surface area contributed by atoms with E-state index in [1.54, 1.807) is 0 Å². The second-order valence-electron chi connectivity index (χ2n) is 3.98. The third-order valence-electron chi connectivity index (χ3n) is 2.96. The van der Waals surface area contributed by atoms with E-state index >= 15 is 0 Å². The first-order valence-corrected chi connectivity index (χ1v) is 7.63. The number of aryl methyl sites for hydroxylation is 1. The average Bonchev–Trinajstić information content (AvgIpc) is 2.74. The van der Waals surface area contributed by atoms with Crippen molar-refractivity contribution in [2.24, 2.45) is 5.92 Å². The van der Waals surface area contributed by atoms with Crippen molar-refractivity contribution < 1.29 is 4.74 Å². The van der Waals surface area contributed by atoms with Crippen molar-refractivity contribution in [3.8, 4) is 0 Å². The van der Waals surface area contributed by atoms with Gasteiger partial charge in [0.2, 0.25) is 0 Å². The van der Waals surface area contributed by atoms with E-state index in [0.29, 0.717) is 16.8 Å². The van der Waals surface area contributed by atoms with Crippen LogP contribution in [0.1, 0.15) is 27.9 Å². The topological polar surface area (TPSA) is 9.23 Å². The number of halogens is 2. The van der Waals surface area contributed by atoms with E-state index in [0.717, 1.165) is 13.0 Å². The molecular formula is C11H14Br2OS. The molecule has 2 heterocycles. The van der Waals surface area contributed by atoms with Crippen molar-refractivity contribution >= 4 is 43.2 Å². The van der Waals surface area contributed by atoms with Gasteiger partial charge in [0.25, 0.3) is 0 Å². The van der Waals surface area contributed by atoms with Crippen LogP contribution in [0, 0.1) is 12.8 Å². The molecule has 1 saturated heterocycles. The third-order valence-corrected chi connectivity index (χ3v) is 6.65. The van der Waals surface area contributed by atoms with Gasteiger partial charge in [0.15, 0.2) is 0 Å². The fraction of sp³-hybridized carbons (Fsp3) is 0.636. The van der Waals surface area contributed by atoms with Crippen LogP contribution in [0.2, 0.25) is 0 Å². The van der Waals surface area contributed by atoms with E-state index in [-0.39, 0.29) is 0 Å². The second-order valence-corrected chi connectivity index (χ2v) is 7.11. The molecule has 15 heavy (non-hydrogen) atoms. The molecule has 1 fully saturated rings. The Bertz CT molecular complexity index is 331. The second kappa shape index (κ2) is 4.86. The van der Waals surface area contributed by atoms with Crippen LogP contribution in [0.5, 0.6) is 0 Å². The fourth-order valence-electron chi connectivity index (χ4n) is 1.96. The average molecular weight is 354 g/mol. The maximum Gasteiger partial charge on any atom is 0.0590 e. The molecule has 84 valence electrons. The van der Waals surface area contributed by atoms with E-state index in [4.69, 9.17) is 4.74 Å². The van der Waals surface area contributed by atoms with Crippen molar-refractivity contribution in [2.45, 2.75) is 31.2 Å². The standard InChI is InChI=1S/C11H14Br2OS/c1-6-8(3-4-14-6)11(13)10-5-9(12)7(2)15-10/h5-6,8,11H,3-4H2,1-2H3. The predicted octanol–water partition coefficient (Wildman–Crippen LogP) is 4.68. The molecule has 1 nitrogen and oxygen atoms in total. The molecule has 1 aliphatic rings. The van der Waals surface area contributed by atoms with Gasteiger partial charge in [0, 0.05) is 26.8 Å². The smallest absolute Gasteiger partial charge is 0.0590 e. The lowest BCUT2D eigenvalue weighted by atomic mass is 9.98. The zero-order valence-corrected chi connectivity index (χ0v) is 12.8. The van der Waals surface area contributed by atoms with Gasteiger partial charge in [-0.1, -0.05) is 15.9 Å². The largest absolute Gasteiger partial charge is 0.378 e. The summed E-state index contributed by atoms with van der Waals surface area (Å²) in [4.78, 5) is 3.19. The summed E-state index contributed by atoms with van der Waals surface area (Å²) < 4.78 is 6.83. The first-order chi connectivity index (χ1) is 7.09. The van der Waals surface area contributed by atoms with Crippen LogP contribution in [0.25, 0.3) is 0 Å². The first kappa shape index (κ1) is 12.1. The lowest BCUT2D eigenvalue weighted by Crippen LogP contribution is -2.15. The highest BCUT2D eigenvalue weighted by atomic mass is 79.9. The summed E-state index contributed by atoms with van der Waals surface area (Å²) >= 11 is 9.24. The van der Waals surface area contributed by atoms with Gasteiger partial charge < -0.3 is 4.74 Å². The van der Waals surface area contributed by atoms with Crippen LogP contribution in [-0.2, 0) is 4.74 Å². The Morgan fingerprint density at radius 3 is 2.80 bits per heavy atom. The minimum absolute atomic E-state index is 0.371. The van der Waals surface area contributed by atoms with E-state index in [1.807, 2.05) is 11.3 Å². The molecule has 0 N–H and O–H groups in total. The molecule has 0 aromatic carbocycles. The number of hydrogen-bond acceptors (Lipinski definition) is 2. The molecular weight excluding hydrogens is 340 g/mol. The molecule has 2 rings (SSSR count). The normalized spacial score (nSPS) is 28.3. The van der Waals surface area contributed by atoms with Crippen LogP contribution in [0.3, 0.4) is 0 Å². The van der Waals surface area contributed by atoms with Gasteiger partial charge in [0.05, 0.1) is 10.9 Å². The van der Waals surface area contributed by atoms with Gasteiger partial charge in [-0.25, -0.2) is 0 Å². The third kappa shape index (κ3) is 2.48. The molecule has 0 spiro atoms. The summed E-state index contributed by atoms with van der Waals surface area (Å²) in [5.41, 5.74) is 0. The fourth-order valence-corrected chi connectivity index (χ4v) is 4.68. The van der Waals surface area contributed by atoms with Gasteiger partial charge >= 0.3 is 0 Å². The summed E-state index contributed by atoms with van der Waals surface area (Å²) in [5.74, 6) is 0.606. The van der Waals surface area contributed by atoms with Gasteiger partial charge in [-0.3, -0.25) is 0 Å². The lowest BCUT2D eigenvalue weighted by molar-refractivity contribution is 0.106. The molecule has 3 atom stereocenters. The first-order valence-electron chi connectivity index (χ1n) is 5.11. The molecule has 0 bridgehead atoms. The summed E-state index contributed by atoms with van der Waals surface area (Å²) in [6.07, 6.45) is 1.53. The molecule has 4 heteroatoms. The molecule has 1 aromatic rings. The zero-order valence-electron chi connectivity index (χ0n) is 8.80. The number of ether oxygens (including phenoxy) is 1. The van der Waals surface area contributed by atoms with Crippen LogP contribution >= 0.6 is 43.2 Å². The summed E-state index contributed by atoms with van der Waals surface area (Å²) in [6, 6.07) is 2.23. The van der Waals surface area contributed by atoms with E-state index < -0.39 is 0 Å². The zero-order chi connectivity index (χ0) is 11.0. The van der Waals surface area contributed by atoms with Crippen LogP contribution in [-0.4, -0.2) is 12.7 Å². The lowest BCUT2D eigenvalue weighted by Gasteiger charge is -2.19. The predicted molar refractivity (Wildman–Crippen MR) is 71.9 cm³/mol. The monoisotopic (exact) mass is 352 g/mol. The van der Waals surface area contributed by atoms with Crippen LogP contribution in [0.15, 0.2) is 10.5 Å². The highest BCUT2D eigenvalue weighted by Gasteiger charge is 2.32. The van der Waals surface area contributed by atoms with E-state index in [9.17, 15) is 0 Å². The molecule has 3 unspecified atom stereocenters. The molecule has 1 aliphatic heterocycles. The van der Waals surface area contributed by atoms with Crippen molar-refractivity contribution in [1.29, 1.82) is 0 Å². The molecule has 0 amide bonds. The minimum Gasteiger partial charge on any atom is -0.378 e. The van der Waals surface area contributed by atoms with Crippen molar-refractivity contribution in [3.05, 3.63) is 20.3 Å². The van der Waals surface area contributed by atoms with Gasteiger partial charge in [0.1, 0.15) is 0 Å². The summed E-state index contributed by atoms with van der Waals surface area (Å²) in [6.45, 7) is 5.22. The molecule has 0 radical (unpaired) electrons. The van der Waals surface area contributed by atoms with Crippen molar-refractivity contribution in [3.63, 3.8) is 0 Å². The van der Waals surface area contributed by atoms with Gasteiger partial charge in [-0.2, -0.15) is 0 Å².